The number of amides is 1. The van der Waals surface area contributed by atoms with Gasteiger partial charge >= 0.3 is 0 Å². The number of nitrogens with one attached hydrogen (secondary N) is 1. The molecule has 0 unspecified atom stereocenters. The number of benzene rings is 1. The molecule has 0 aliphatic heterocycles. The summed E-state index contributed by atoms with van der Waals surface area (Å²) in [6, 6.07) is 4.26. The van der Waals surface area contributed by atoms with Gasteiger partial charge < -0.3 is 10.2 Å². The van der Waals surface area contributed by atoms with Crippen molar-refractivity contribution in [1.29, 1.82) is 0 Å². The molecule has 0 aromatic heterocycles. The number of halogens is 2. The van der Waals surface area contributed by atoms with Crippen LogP contribution in [-0.2, 0) is 4.79 Å². The molecule has 0 spiro atoms. The number of nitrogens with zero attached hydrogens (tertiary/aromatic N) is 1. The van der Waals surface area contributed by atoms with Crippen LogP contribution in [0.25, 0.3) is 0 Å². The second kappa shape index (κ2) is 4.98. The number of rotatable bonds is 3. The summed E-state index contributed by atoms with van der Waals surface area (Å²) >= 11 is 5.59. The molecule has 5 heteroatoms. The number of hydrogen-bond donors (Lipinski definition) is 1. The molecule has 0 fully saturated rings. The highest BCUT2D eigenvalue weighted by molar-refractivity contribution is 6.30. The van der Waals surface area contributed by atoms with Gasteiger partial charge in [-0.15, -0.1) is 0 Å². The summed E-state index contributed by atoms with van der Waals surface area (Å²) in [5.74, 6) is -0.585. The molecule has 0 radical (unpaired) electrons. The summed E-state index contributed by atoms with van der Waals surface area (Å²) < 4.78 is 13.2. The minimum absolute atomic E-state index is 0.0611. The lowest BCUT2D eigenvalue weighted by atomic mass is 10.3. The van der Waals surface area contributed by atoms with E-state index in [1.165, 1.54) is 17.0 Å². The van der Waals surface area contributed by atoms with Crippen LogP contribution in [-0.4, -0.2) is 31.4 Å². The largest absolute Gasteiger partial charge is 0.374 e. The number of hydrogen-bond acceptors (Lipinski definition) is 2. The zero-order valence-electron chi connectivity index (χ0n) is 8.55. The van der Waals surface area contributed by atoms with Crippen LogP contribution in [0.5, 0.6) is 0 Å². The Bertz CT molecular complexity index is 368. The van der Waals surface area contributed by atoms with Crippen molar-refractivity contribution in [3.05, 3.63) is 29.0 Å². The van der Waals surface area contributed by atoms with Gasteiger partial charge in [0.1, 0.15) is 5.82 Å². The molecule has 1 amide bonds. The van der Waals surface area contributed by atoms with E-state index >= 15 is 0 Å². The fourth-order valence-corrected chi connectivity index (χ4v) is 1.12. The predicted molar refractivity (Wildman–Crippen MR) is 58.6 cm³/mol. The molecule has 0 aliphatic rings. The third-order valence-electron chi connectivity index (χ3n) is 1.86. The third-order valence-corrected chi connectivity index (χ3v) is 2.10. The van der Waals surface area contributed by atoms with E-state index in [-0.39, 0.29) is 18.1 Å². The Morgan fingerprint density at radius 2 is 2.20 bits per heavy atom. The summed E-state index contributed by atoms with van der Waals surface area (Å²) in [6.45, 7) is 0.0611. The average molecular weight is 231 g/mol. The van der Waals surface area contributed by atoms with Gasteiger partial charge in [0, 0.05) is 19.1 Å². The SMILES string of the molecule is CN(C)C(=O)CNc1ccc(Cl)cc1F. The Hall–Kier alpha value is -1.29. The van der Waals surface area contributed by atoms with Crippen LogP contribution in [0, 0.1) is 5.82 Å². The fourth-order valence-electron chi connectivity index (χ4n) is 0.962. The number of likely N-dealkylation sites (N-methyl/N-ethyl adjacent to an activating group) is 1. The first-order valence-corrected chi connectivity index (χ1v) is 4.77. The van der Waals surface area contributed by atoms with Crippen LogP contribution in [0.3, 0.4) is 0 Å². The second-order valence-corrected chi connectivity index (χ2v) is 3.70. The van der Waals surface area contributed by atoms with Crippen molar-refractivity contribution in [1.82, 2.24) is 4.90 Å². The molecule has 0 atom stereocenters. The first-order chi connectivity index (χ1) is 7.00. The molecule has 1 N–H and O–H groups in total. The van der Waals surface area contributed by atoms with Crippen LogP contribution in [0.4, 0.5) is 10.1 Å². The van der Waals surface area contributed by atoms with E-state index in [1.807, 2.05) is 0 Å². The van der Waals surface area contributed by atoms with Crippen molar-refractivity contribution in [3.8, 4) is 0 Å². The van der Waals surface area contributed by atoms with Gasteiger partial charge in [0.15, 0.2) is 0 Å². The monoisotopic (exact) mass is 230 g/mol. The Morgan fingerprint density at radius 1 is 1.53 bits per heavy atom. The maximum atomic E-state index is 13.2. The van der Waals surface area contributed by atoms with Crippen LogP contribution in [0.15, 0.2) is 18.2 Å². The van der Waals surface area contributed by atoms with E-state index in [4.69, 9.17) is 11.6 Å². The lowest BCUT2D eigenvalue weighted by molar-refractivity contribution is -0.126. The van der Waals surface area contributed by atoms with E-state index in [9.17, 15) is 9.18 Å². The molecule has 0 bridgehead atoms. The fraction of sp³-hybridized carbons (Fsp3) is 0.300. The number of carbonyl (C=O) groups is 1. The molecule has 15 heavy (non-hydrogen) atoms. The van der Waals surface area contributed by atoms with Crippen molar-refractivity contribution >= 4 is 23.2 Å². The van der Waals surface area contributed by atoms with Crippen LogP contribution >= 0.6 is 11.6 Å². The second-order valence-electron chi connectivity index (χ2n) is 3.27. The van der Waals surface area contributed by atoms with Gasteiger partial charge in [-0.1, -0.05) is 11.6 Å². The molecule has 0 saturated heterocycles. The van der Waals surface area contributed by atoms with E-state index in [0.29, 0.717) is 5.02 Å². The zero-order chi connectivity index (χ0) is 11.4. The van der Waals surface area contributed by atoms with E-state index < -0.39 is 5.82 Å². The Labute approximate surface area is 92.8 Å². The number of carbonyl (C=O) groups excluding carboxylic acids is 1. The van der Waals surface area contributed by atoms with Crippen LogP contribution in [0.2, 0.25) is 5.02 Å². The lowest BCUT2D eigenvalue weighted by Gasteiger charge is -2.12. The Kier molecular flexibility index (Phi) is 3.91. The maximum absolute atomic E-state index is 13.2. The molecular weight excluding hydrogens is 219 g/mol. The van der Waals surface area contributed by atoms with Crippen molar-refractivity contribution in [2.75, 3.05) is 26.0 Å². The van der Waals surface area contributed by atoms with Gasteiger partial charge in [-0.05, 0) is 18.2 Å². The van der Waals surface area contributed by atoms with Gasteiger partial charge in [-0.25, -0.2) is 4.39 Å². The van der Waals surface area contributed by atoms with Crippen LogP contribution < -0.4 is 5.32 Å². The first-order valence-electron chi connectivity index (χ1n) is 4.40. The van der Waals surface area contributed by atoms with Gasteiger partial charge in [0.05, 0.1) is 12.2 Å². The van der Waals surface area contributed by atoms with Crippen molar-refractivity contribution < 1.29 is 9.18 Å². The summed E-state index contributed by atoms with van der Waals surface area (Å²) in [5, 5.41) is 3.03. The van der Waals surface area contributed by atoms with E-state index in [0.717, 1.165) is 0 Å². The van der Waals surface area contributed by atoms with E-state index in [1.54, 1.807) is 20.2 Å². The topological polar surface area (TPSA) is 32.3 Å². The predicted octanol–water partition coefficient (Wildman–Crippen LogP) is 1.98. The molecule has 0 aliphatic carbocycles. The first kappa shape index (κ1) is 11.8. The van der Waals surface area contributed by atoms with Gasteiger partial charge in [0.25, 0.3) is 0 Å². The van der Waals surface area contributed by atoms with Crippen molar-refractivity contribution in [3.63, 3.8) is 0 Å². The molecular formula is C10H12ClFN2O. The van der Waals surface area contributed by atoms with Gasteiger partial charge in [-0.3, -0.25) is 4.79 Å². The lowest BCUT2D eigenvalue weighted by Crippen LogP contribution is -2.28. The Morgan fingerprint density at radius 3 is 2.73 bits per heavy atom. The molecule has 3 nitrogen and oxygen atoms in total. The van der Waals surface area contributed by atoms with Crippen molar-refractivity contribution in [2.24, 2.45) is 0 Å². The summed E-state index contributed by atoms with van der Waals surface area (Å²) in [7, 11) is 3.28. The molecule has 0 saturated carbocycles. The molecule has 1 aromatic carbocycles. The minimum Gasteiger partial charge on any atom is -0.374 e. The zero-order valence-corrected chi connectivity index (χ0v) is 9.31. The highest BCUT2D eigenvalue weighted by Gasteiger charge is 2.06. The minimum atomic E-state index is -0.464. The highest BCUT2D eigenvalue weighted by atomic mass is 35.5. The highest BCUT2D eigenvalue weighted by Crippen LogP contribution is 2.18. The summed E-state index contributed by atoms with van der Waals surface area (Å²) in [4.78, 5) is 12.6. The molecule has 1 rings (SSSR count). The van der Waals surface area contributed by atoms with Gasteiger partial charge in [-0.2, -0.15) is 0 Å². The number of anilines is 1. The quantitative estimate of drug-likeness (QED) is 0.861. The van der Waals surface area contributed by atoms with Gasteiger partial charge in [0.2, 0.25) is 5.91 Å². The maximum Gasteiger partial charge on any atom is 0.241 e. The van der Waals surface area contributed by atoms with Crippen LogP contribution in [0.1, 0.15) is 0 Å². The smallest absolute Gasteiger partial charge is 0.241 e. The van der Waals surface area contributed by atoms with E-state index in [2.05, 4.69) is 5.32 Å². The molecule has 82 valence electrons. The molecule has 0 heterocycles. The third kappa shape index (κ3) is 3.40. The van der Waals surface area contributed by atoms with Crippen molar-refractivity contribution in [2.45, 2.75) is 0 Å². The average Bonchev–Trinajstić information content (AvgIpc) is 2.15. The standard InChI is InChI=1S/C10H12ClFN2O/c1-14(2)10(15)6-13-9-4-3-7(11)5-8(9)12/h3-5,13H,6H2,1-2H3. The normalized spacial score (nSPS) is 9.87. The molecule has 1 aromatic rings. The summed E-state index contributed by atoms with van der Waals surface area (Å²) in [6.07, 6.45) is 0. The summed E-state index contributed by atoms with van der Waals surface area (Å²) in [5.41, 5.74) is 0.273. The Balaban J connectivity index is 2.62.